The largest absolute Gasteiger partial charge is 0.416 e. The van der Waals surface area contributed by atoms with Gasteiger partial charge in [-0.15, -0.1) is 0 Å². The molecule has 0 spiro atoms. The van der Waals surface area contributed by atoms with Crippen LogP contribution in [0.1, 0.15) is 25.3 Å². The molecule has 6 heteroatoms. The van der Waals surface area contributed by atoms with Crippen molar-refractivity contribution in [1.29, 1.82) is 0 Å². The first-order valence-corrected chi connectivity index (χ1v) is 7.14. The molecule has 0 amide bonds. The van der Waals surface area contributed by atoms with Crippen LogP contribution in [0.5, 0.6) is 0 Å². The van der Waals surface area contributed by atoms with Gasteiger partial charge in [-0.2, -0.15) is 13.2 Å². The van der Waals surface area contributed by atoms with Gasteiger partial charge in [0.15, 0.2) is 0 Å². The highest BCUT2D eigenvalue weighted by Crippen LogP contribution is 2.35. The predicted octanol–water partition coefficient (Wildman–Crippen LogP) is 3.94. The highest BCUT2D eigenvalue weighted by atomic mass is 35.5. The van der Waals surface area contributed by atoms with E-state index < -0.39 is 11.7 Å². The number of alkyl halides is 3. The molecule has 0 aromatic heterocycles. The molecule has 1 aliphatic rings. The molecular weight excluding hydrogens is 289 g/mol. The molecule has 1 unspecified atom stereocenters. The first kappa shape index (κ1) is 15.4. The molecule has 0 aliphatic carbocycles. The summed E-state index contributed by atoms with van der Waals surface area (Å²) in [5, 5.41) is 3.54. The molecule has 1 aliphatic heterocycles. The average Bonchev–Trinajstić information content (AvgIpc) is 2.38. The second kappa shape index (κ2) is 6.22. The molecule has 20 heavy (non-hydrogen) atoms. The maximum absolute atomic E-state index is 12.6. The Balaban J connectivity index is 2.16. The maximum atomic E-state index is 12.6. The van der Waals surface area contributed by atoms with Crippen molar-refractivity contribution in [1.82, 2.24) is 5.32 Å². The average molecular weight is 307 g/mol. The van der Waals surface area contributed by atoms with Gasteiger partial charge in [0.2, 0.25) is 0 Å². The lowest BCUT2D eigenvalue weighted by Gasteiger charge is -2.35. The fourth-order valence-corrected chi connectivity index (χ4v) is 2.89. The summed E-state index contributed by atoms with van der Waals surface area (Å²) in [6, 6.07) is 3.94. The van der Waals surface area contributed by atoms with Gasteiger partial charge in [-0.3, -0.25) is 0 Å². The number of rotatable bonds is 3. The monoisotopic (exact) mass is 306 g/mol. The molecule has 1 saturated heterocycles. The van der Waals surface area contributed by atoms with Crippen molar-refractivity contribution in [3.05, 3.63) is 28.8 Å². The Kier molecular flexibility index (Phi) is 4.81. The number of likely N-dealkylation sites (N-methyl/N-ethyl adjacent to an activating group) is 1. The molecule has 1 aromatic carbocycles. The minimum Gasteiger partial charge on any atom is -0.369 e. The highest BCUT2D eigenvalue weighted by molar-refractivity contribution is 6.33. The Morgan fingerprint density at radius 3 is 2.75 bits per heavy atom. The number of nitrogens with one attached hydrogen (secondary N) is 1. The van der Waals surface area contributed by atoms with Crippen LogP contribution in [0.4, 0.5) is 18.9 Å². The van der Waals surface area contributed by atoms with Crippen molar-refractivity contribution < 1.29 is 13.2 Å². The maximum Gasteiger partial charge on any atom is 0.416 e. The van der Waals surface area contributed by atoms with Crippen molar-refractivity contribution in [2.75, 3.05) is 24.5 Å². The van der Waals surface area contributed by atoms with E-state index in [9.17, 15) is 13.2 Å². The number of nitrogens with zero attached hydrogens (tertiary/aromatic N) is 1. The SMILES string of the molecule is CCNC1CCCN(c2ccc(C(F)(F)F)cc2Cl)C1. The molecule has 1 atom stereocenters. The van der Waals surface area contributed by atoms with Crippen LogP contribution in [-0.4, -0.2) is 25.7 Å². The summed E-state index contributed by atoms with van der Waals surface area (Å²) in [6.45, 7) is 4.54. The number of hydrogen-bond donors (Lipinski definition) is 1. The molecule has 1 aromatic rings. The molecule has 1 heterocycles. The number of benzene rings is 1. The lowest BCUT2D eigenvalue weighted by molar-refractivity contribution is -0.137. The Morgan fingerprint density at radius 1 is 1.40 bits per heavy atom. The minimum atomic E-state index is -4.35. The van der Waals surface area contributed by atoms with E-state index in [0.717, 1.165) is 44.6 Å². The van der Waals surface area contributed by atoms with Crippen LogP contribution in [0, 0.1) is 0 Å². The van der Waals surface area contributed by atoms with Crippen molar-refractivity contribution in [3.8, 4) is 0 Å². The zero-order chi connectivity index (χ0) is 14.8. The summed E-state index contributed by atoms with van der Waals surface area (Å²) in [5.41, 5.74) is -0.0197. The van der Waals surface area contributed by atoms with Crippen LogP contribution in [0.15, 0.2) is 18.2 Å². The summed E-state index contributed by atoms with van der Waals surface area (Å²) in [7, 11) is 0. The van der Waals surface area contributed by atoms with Crippen LogP contribution in [0.2, 0.25) is 5.02 Å². The summed E-state index contributed by atoms with van der Waals surface area (Å²) in [5.74, 6) is 0. The third kappa shape index (κ3) is 3.58. The number of anilines is 1. The van der Waals surface area contributed by atoms with Crippen molar-refractivity contribution in [2.24, 2.45) is 0 Å². The first-order valence-electron chi connectivity index (χ1n) is 6.77. The normalized spacial score (nSPS) is 20.2. The van der Waals surface area contributed by atoms with Crippen molar-refractivity contribution in [3.63, 3.8) is 0 Å². The third-order valence-electron chi connectivity index (χ3n) is 3.53. The van der Waals surface area contributed by atoms with Gasteiger partial charge in [-0.05, 0) is 37.6 Å². The van der Waals surface area contributed by atoms with Crippen molar-refractivity contribution >= 4 is 17.3 Å². The number of halogens is 4. The van der Waals surface area contributed by atoms with Crippen LogP contribution in [0.3, 0.4) is 0 Å². The van der Waals surface area contributed by atoms with E-state index in [0.29, 0.717) is 11.7 Å². The number of hydrogen-bond acceptors (Lipinski definition) is 2. The lowest BCUT2D eigenvalue weighted by Crippen LogP contribution is -2.45. The van der Waals surface area contributed by atoms with Gasteiger partial charge in [0.05, 0.1) is 16.3 Å². The number of piperidine rings is 1. The smallest absolute Gasteiger partial charge is 0.369 e. The van der Waals surface area contributed by atoms with E-state index in [1.165, 1.54) is 6.07 Å². The molecule has 0 bridgehead atoms. The quantitative estimate of drug-likeness (QED) is 0.910. The van der Waals surface area contributed by atoms with E-state index in [1.54, 1.807) is 0 Å². The predicted molar refractivity (Wildman–Crippen MR) is 75.4 cm³/mol. The zero-order valence-electron chi connectivity index (χ0n) is 11.3. The van der Waals surface area contributed by atoms with E-state index in [4.69, 9.17) is 11.6 Å². The Labute approximate surface area is 121 Å². The molecule has 0 saturated carbocycles. The minimum absolute atomic E-state index is 0.164. The summed E-state index contributed by atoms with van der Waals surface area (Å²) >= 11 is 6.03. The molecule has 112 valence electrons. The molecule has 0 radical (unpaired) electrons. The molecule has 2 rings (SSSR count). The summed E-state index contributed by atoms with van der Waals surface area (Å²) < 4.78 is 37.9. The van der Waals surface area contributed by atoms with E-state index in [1.807, 2.05) is 6.92 Å². The van der Waals surface area contributed by atoms with Gasteiger partial charge in [-0.1, -0.05) is 18.5 Å². The second-order valence-electron chi connectivity index (χ2n) is 5.01. The summed E-state index contributed by atoms with van der Waals surface area (Å²) in [4.78, 5) is 2.05. The molecule has 2 nitrogen and oxygen atoms in total. The van der Waals surface area contributed by atoms with Crippen LogP contribution in [0.25, 0.3) is 0 Å². The Bertz CT molecular complexity index is 460. The van der Waals surface area contributed by atoms with E-state index in [-0.39, 0.29) is 5.02 Å². The van der Waals surface area contributed by atoms with Crippen LogP contribution < -0.4 is 10.2 Å². The second-order valence-corrected chi connectivity index (χ2v) is 5.41. The Hall–Kier alpha value is -0.940. The van der Waals surface area contributed by atoms with Crippen LogP contribution in [-0.2, 0) is 6.18 Å². The van der Waals surface area contributed by atoms with Gasteiger partial charge in [0, 0.05) is 19.1 Å². The van der Waals surface area contributed by atoms with Gasteiger partial charge < -0.3 is 10.2 Å². The van der Waals surface area contributed by atoms with Crippen molar-refractivity contribution in [2.45, 2.75) is 32.0 Å². The van der Waals surface area contributed by atoms with Gasteiger partial charge in [0.1, 0.15) is 0 Å². The molecule has 1 N–H and O–H groups in total. The zero-order valence-corrected chi connectivity index (χ0v) is 12.1. The standard InChI is InChI=1S/C14H18ClF3N2/c1-2-19-11-4-3-7-20(9-11)13-6-5-10(8-12(13)15)14(16,17)18/h5-6,8,11,19H,2-4,7,9H2,1H3. The Morgan fingerprint density at radius 2 is 2.15 bits per heavy atom. The van der Waals surface area contributed by atoms with Crippen LogP contribution >= 0.6 is 11.6 Å². The van der Waals surface area contributed by atoms with E-state index >= 15 is 0 Å². The third-order valence-corrected chi connectivity index (χ3v) is 3.83. The first-order chi connectivity index (χ1) is 9.41. The topological polar surface area (TPSA) is 15.3 Å². The van der Waals surface area contributed by atoms with Gasteiger partial charge in [-0.25, -0.2) is 0 Å². The molecule has 1 fully saturated rings. The van der Waals surface area contributed by atoms with Gasteiger partial charge >= 0.3 is 6.18 Å². The summed E-state index contributed by atoms with van der Waals surface area (Å²) in [6.07, 6.45) is -2.26. The fourth-order valence-electron chi connectivity index (χ4n) is 2.59. The fraction of sp³-hybridized carbons (Fsp3) is 0.571. The van der Waals surface area contributed by atoms with Gasteiger partial charge in [0.25, 0.3) is 0 Å². The lowest BCUT2D eigenvalue weighted by atomic mass is 10.0. The molecular formula is C14H18ClF3N2. The van der Waals surface area contributed by atoms with E-state index in [2.05, 4.69) is 10.2 Å². The highest BCUT2D eigenvalue weighted by Gasteiger charge is 2.31.